The highest BCUT2D eigenvalue weighted by Gasteiger charge is 2.35. The molecule has 0 unspecified atom stereocenters. The van der Waals surface area contributed by atoms with Crippen molar-refractivity contribution in [3.05, 3.63) is 12.5 Å². The third-order valence-electron chi connectivity index (χ3n) is 3.74. The molecule has 0 spiro atoms. The molecule has 1 aliphatic heterocycles. The van der Waals surface area contributed by atoms with E-state index in [1.54, 1.807) is 7.05 Å². The average molecular weight is 404 g/mol. The Morgan fingerprint density at radius 3 is 2.24 bits per heavy atom. The zero-order chi connectivity index (χ0) is 18.9. The zero-order valence-electron chi connectivity index (χ0n) is 13.5. The van der Waals surface area contributed by atoms with Crippen molar-refractivity contribution in [1.82, 2.24) is 18.2 Å². The van der Waals surface area contributed by atoms with E-state index >= 15 is 0 Å². The Bertz CT molecular complexity index is 805. The van der Waals surface area contributed by atoms with Crippen LogP contribution >= 0.6 is 0 Å². The molecule has 0 radical (unpaired) electrons. The number of hydrogen-bond acceptors (Lipinski definition) is 5. The van der Waals surface area contributed by atoms with Gasteiger partial charge in [0, 0.05) is 39.4 Å². The van der Waals surface area contributed by atoms with Crippen molar-refractivity contribution in [2.75, 3.05) is 31.9 Å². The topological polar surface area (TPSA) is 92.6 Å². The van der Waals surface area contributed by atoms with Gasteiger partial charge in [-0.15, -0.1) is 0 Å². The number of nitrogens with zero attached hydrogens (tertiary/aromatic N) is 4. The normalized spacial score (nSPS) is 19.0. The summed E-state index contributed by atoms with van der Waals surface area (Å²) in [5.41, 5.74) is 0. The molecule has 0 N–H and O–H groups in total. The molecule has 0 aromatic carbocycles. The molecule has 1 saturated heterocycles. The SMILES string of the molecule is Cn1cnc(S(=O)(=O)N2CCCN(S(=O)(=O)CCC(F)(F)F)CC2)c1. The van der Waals surface area contributed by atoms with Gasteiger partial charge < -0.3 is 4.57 Å². The van der Waals surface area contributed by atoms with Crippen LogP contribution in [0, 0.1) is 0 Å². The summed E-state index contributed by atoms with van der Waals surface area (Å²) in [4.78, 5) is 3.79. The monoisotopic (exact) mass is 404 g/mol. The average Bonchev–Trinajstić information content (AvgIpc) is 2.78. The Balaban J connectivity index is 2.07. The van der Waals surface area contributed by atoms with E-state index < -0.39 is 38.4 Å². The van der Waals surface area contributed by atoms with E-state index in [4.69, 9.17) is 0 Å². The van der Waals surface area contributed by atoms with E-state index in [0.717, 1.165) is 8.61 Å². The molecule has 8 nitrogen and oxygen atoms in total. The number of aryl methyl sites for hydroxylation is 1. The second-order valence-corrected chi connectivity index (χ2v) is 9.69. The molecule has 2 heterocycles. The first-order chi connectivity index (χ1) is 11.4. The summed E-state index contributed by atoms with van der Waals surface area (Å²) < 4.78 is 89.4. The molecule has 13 heteroatoms. The van der Waals surface area contributed by atoms with Gasteiger partial charge in [-0.3, -0.25) is 0 Å². The molecule has 0 bridgehead atoms. The first-order valence-corrected chi connectivity index (χ1v) is 10.5. The fraction of sp³-hybridized carbons (Fsp3) is 0.750. The Morgan fingerprint density at radius 1 is 1.08 bits per heavy atom. The van der Waals surface area contributed by atoms with Crippen LogP contribution in [0.3, 0.4) is 0 Å². The molecule has 0 saturated carbocycles. The predicted molar refractivity (Wildman–Crippen MR) is 82.6 cm³/mol. The summed E-state index contributed by atoms with van der Waals surface area (Å²) in [5.74, 6) is -1.04. The summed E-state index contributed by atoms with van der Waals surface area (Å²) >= 11 is 0. The molecule has 1 fully saturated rings. The van der Waals surface area contributed by atoms with E-state index in [9.17, 15) is 30.0 Å². The maximum Gasteiger partial charge on any atom is 0.390 e. The van der Waals surface area contributed by atoms with Crippen molar-refractivity contribution in [1.29, 1.82) is 0 Å². The van der Waals surface area contributed by atoms with Gasteiger partial charge in [0.15, 0.2) is 5.03 Å². The molecule has 25 heavy (non-hydrogen) atoms. The van der Waals surface area contributed by atoms with Gasteiger partial charge in [-0.25, -0.2) is 26.1 Å². The number of aromatic nitrogens is 2. The van der Waals surface area contributed by atoms with Crippen molar-refractivity contribution >= 4 is 20.0 Å². The summed E-state index contributed by atoms with van der Waals surface area (Å²) in [5, 5.41) is -0.150. The largest absolute Gasteiger partial charge is 0.390 e. The molecular formula is C12H19F3N4O4S2. The van der Waals surface area contributed by atoms with Gasteiger partial charge in [0.2, 0.25) is 10.0 Å². The van der Waals surface area contributed by atoms with Crippen LogP contribution in [-0.4, -0.2) is 73.1 Å². The van der Waals surface area contributed by atoms with Crippen molar-refractivity contribution in [3.63, 3.8) is 0 Å². The lowest BCUT2D eigenvalue weighted by atomic mass is 10.4. The van der Waals surface area contributed by atoms with Crippen LogP contribution in [0.15, 0.2) is 17.6 Å². The highest BCUT2D eigenvalue weighted by atomic mass is 32.2. The van der Waals surface area contributed by atoms with Crippen LogP contribution in [0.4, 0.5) is 13.2 Å². The summed E-state index contributed by atoms with van der Waals surface area (Å²) in [6, 6.07) is 0. The molecule has 0 atom stereocenters. The number of alkyl halides is 3. The van der Waals surface area contributed by atoms with Gasteiger partial charge in [0.05, 0.1) is 18.5 Å². The fourth-order valence-electron chi connectivity index (χ4n) is 2.42. The van der Waals surface area contributed by atoms with Crippen LogP contribution in [0.2, 0.25) is 0 Å². The van der Waals surface area contributed by atoms with Crippen LogP contribution in [-0.2, 0) is 27.1 Å². The molecule has 2 rings (SSSR count). The second kappa shape index (κ2) is 7.21. The Morgan fingerprint density at radius 2 is 1.68 bits per heavy atom. The van der Waals surface area contributed by atoms with Crippen LogP contribution in [0.1, 0.15) is 12.8 Å². The third kappa shape index (κ3) is 5.15. The lowest BCUT2D eigenvalue weighted by Crippen LogP contribution is -2.39. The first-order valence-electron chi connectivity index (χ1n) is 7.44. The smallest absolute Gasteiger partial charge is 0.339 e. The van der Waals surface area contributed by atoms with E-state index in [-0.39, 0.29) is 37.6 Å². The highest BCUT2D eigenvalue weighted by molar-refractivity contribution is 7.89. The highest BCUT2D eigenvalue weighted by Crippen LogP contribution is 2.22. The lowest BCUT2D eigenvalue weighted by molar-refractivity contribution is -0.130. The van der Waals surface area contributed by atoms with Crippen molar-refractivity contribution in [2.24, 2.45) is 7.05 Å². The summed E-state index contributed by atoms with van der Waals surface area (Å²) in [7, 11) is -6.35. The predicted octanol–water partition coefficient (Wildman–Crippen LogP) is 0.399. The number of halogens is 3. The fourth-order valence-corrected chi connectivity index (χ4v) is 5.37. The van der Waals surface area contributed by atoms with Crippen molar-refractivity contribution in [3.8, 4) is 0 Å². The number of sulfonamides is 2. The molecular weight excluding hydrogens is 385 g/mol. The summed E-state index contributed by atoms with van der Waals surface area (Å²) in [6.45, 7) is -0.269. The minimum Gasteiger partial charge on any atom is -0.339 e. The molecule has 1 aromatic heterocycles. The third-order valence-corrected chi connectivity index (χ3v) is 7.39. The van der Waals surface area contributed by atoms with Gasteiger partial charge >= 0.3 is 6.18 Å². The zero-order valence-corrected chi connectivity index (χ0v) is 15.1. The minimum absolute atomic E-state index is 0.0194. The van der Waals surface area contributed by atoms with Gasteiger partial charge in [0.1, 0.15) is 0 Å². The van der Waals surface area contributed by atoms with Crippen molar-refractivity contribution < 1.29 is 30.0 Å². The van der Waals surface area contributed by atoms with E-state index in [2.05, 4.69) is 4.98 Å². The number of rotatable bonds is 5. The van der Waals surface area contributed by atoms with Gasteiger partial charge in [-0.2, -0.15) is 17.5 Å². The summed E-state index contributed by atoms with van der Waals surface area (Å²) in [6.07, 6.45) is -3.14. The van der Waals surface area contributed by atoms with Gasteiger partial charge in [0.25, 0.3) is 10.0 Å². The van der Waals surface area contributed by atoms with E-state index in [1.807, 2.05) is 0 Å². The van der Waals surface area contributed by atoms with Crippen LogP contribution < -0.4 is 0 Å². The van der Waals surface area contributed by atoms with Crippen LogP contribution in [0.5, 0.6) is 0 Å². The molecule has 0 amide bonds. The van der Waals surface area contributed by atoms with Gasteiger partial charge in [-0.1, -0.05) is 0 Å². The minimum atomic E-state index is -4.56. The maximum absolute atomic E-state index is 12.5. The van der Waals surface area contributed by atoms with Crippen LogP contribution in [0.25, 0.3) is 0 Å². The quantitative estimate of drug-likeness (QED) is 0.708. The molecule has 1 aromatic rings. The Hall–Kier alpha value is -1.18. The van der Waals surface area contributed by atoms with E-state index in [0.29, 0.717) is 0 Å². The number of hydrogen-bond donors (Lipinski definition) is 0. The Kier molecular flexibility index (Phi) is 5.81. The van der Waals surface area contributed by atoms with E-state index in [1.165, 1.54) is 17.1 Å². The van der Waals surface area contributed by atoms with Gasteiger partial charge in [-0.05, 0) is 6.42 Å². The molecule has 1 aliphatic rings. The molecule has 144 valence electrons. The lowest BCUT2D eigenvalue weighted by Gasteiger charge is -2.21. The number of imidazole rings is 1. The van der Waals surface area contributed by atoms with Crippen molar-refractivity contribution in [2.45, 2.75) is 24.0 Å². The second-order valence-electron chi connectivity index (χ2n) is 5.72. The standard InChI is InChI=1S/C12H19F3N4O4S2/c1-17-9-11(16-10-17)25(22,23)19-5-2-4-18(6-7-19)24(20,21)8-3-12(13,14)15/h9-10H,2-8H2,1H3. The maximum atomic E-state index is 12.5. The molecule has 0 aliphatic carbocycles. The first kappa shape index (κ1) is 20.1. The Labute approximate surface area is 144 Å².